The normalized spacial score (nSPS) is 13.8. The molecule has 0 saturated carbocycles. The second kappa shape index (κ2) is 7.42. The highest BCUT2D eigenvalue weighted by molar-refractivity contribution is 6.31. The van der Waals surface area contributed by atoms with Crippen LogP contribution in [0.15, 0.2) is 18.2 Å². The van der Waals surface area contributed by atoms with Crippen molar-refractivity contribution in [3.8, 4) is 0 Å². The summed E-state index contributed by atoms with van der Waals surface area (Å²) in [5, 5.41) is 4.10. The first kappa shape index (κ1) is 17.5. The molecule has 0 radical (unpaired) electrons. The first-order valence-corrected chi connectivity index (χ1v) is 7.74. The van der Waals surface area contributed by atoms with E-state index in [9.17, 15) is 4.39 Å². The van der Waals surface area contributed by atoms with E-state index in [2.05, 4.69) is 39.9 Å². The third kappa shape index (κ3) is 6.71. The van der Waals surface area contributed by atoms with Gasteiger partial charge in [-0.3, -0.25) is 0 Å². The summed E-state index contributed by atoms with van der Waals surface area (Å²) in [5.41, 5.74) is 1.15. The lowest BCUT2D eigenvalue weighted by Crippen LogP contribution is -2.39. The summed E-state index contributed by atoms with van der Waals surface area (Å²) < 4.78 is 13.1. The molecule has 0 saturated heterocycles. The zero-order chi connectivity index (χ0) is 15.3. The summed E-state index contributed by atoms with van der Waals surface area (Å²) in [7, 11) is 0. The molecule has 20 heavy (non-hydrogen) atoms. The van der Waals surface area contributed by atoms with Crippen molar-refractivity contribution >= 4 is 11.6 Å². The van der Waals surface area contributed by atoms with Gasteiger partial charge in [-0.15, -0.1) is 0 Å². The standard InChI is InChI=1S/C17H27ClFN/c1-12(2)8-13(11-20-17(3,4)5)9-14-6-7-15(19)10-16(14)18/h6-7,10,12-13,20H,8-9,11H2,1-5H3. The molecular weight excluding hydrogens is 273 g/mol. The molecule has 0 amide bonds. The van der Waals surface area contributed by atoms with E-state index in [1.807, 2.05) is 6.07 Å². The van der Waals surface area contributed by atoms with Crippen LogP contribution in [0, 0.1) is 17.7 Å². The van der Waals surface area contributed by atoms with Gasteiger partial charge in [-0.05, 0) is 69.7 Å². The summed E-state index contributed by atoms with van der Waals surface area (Å²) >= 11 is 6.14. The number of nitrogens with one attached hydrogen (secondary N) is 1. The largest absolute Gasteiger partial charge is 0.312 e. The van der Waals surface area contributed by atoms with Crippen molar-refractivity contribution in [3.63, 3.8) is 0 Å². The summed E-state index contributed by atoms with van der Waals surface area (Å²) in [5.74, 6) is 0.880. The van der Waals surface area contributed by atoms with Gasteiger partial charge in [-0.1, -0.05) is 31.5 Å². The van der Waals surface area contributed by atoms with Gasteiger partial charge in [0.2, 0.25) is 0 Å². The minimum absolute atomic E-state index is 0.113. The van der Waals surface area contributed by atoms with Crippen LogP contribution >= 0.6 is 11.6 Å². The predicted molar refractivity (Wildman–Crippen MR) is 85.8 cm³/mol. The summed E-state index contributed by atoms with van der Waals surface area (Å²) in [6.45, 7) is 11.9. The number of rotatable bonds is 6. The molecule has 0 bridgehead atoms. The highest BCUT2D eigenvalue weighted by Gasteiger charge is 2.17. The van der Waals surface area contributed by atoms with Gasteiger partial charge in [0, 0.05) is 10.6 Å². The van der Waals surface area contributed by atoms with E-state index in [1.54, 1.807) is 0 Å². The number of benzene rings is 1. The van der Waals surface area contributed by atoms with Crippen molar-refractivity contribution in [1.82, 2.24) is 5.32 Å². The van der Waals surface area contributed by atoms with Crippen molar-refractivity contribution in [2.45, 2.75) is 53.0 Å². The monoisotopic (exact) mass is 299 g/mol. The van der Waals surface area contributed by atoms with E-state index in [4.69, 9.17) is 11.6 Å². The van der Waals surface area contributed by atoms with E-state index in [0.29, 0.717) is 16.9 Å². The van der Waals surface area contributed by atoms with Crippen molar-refractivity contribution in [1.29, 1.82) is 0 Å². The molecule has 1 unspecified atom stereocenters. The quantitative estimate of drug-likeness (QED) is 0.773. The van der Waals surface area contributed by atoms with E-state index in [-0.39, 0.29) is 11.4 Å². The van der Waals surface area contributed by atoms with Crippen LogP contribution in [0.4, 0.5) is 4.39 Å². The molecule has 3 heteroatoms. The van der Waals surface area contributed by atoms with Crippen molar-refractivity contribution < 1.29 is 4.39 Å². The number of hydrogen-bond donors (Lipinski definition) is 1. The van der Waals surface area contributed by atoms with Crippen LogP contribution in [0.2, 0.25) is 5.02 Å². The van der Waals surface area contributed by atoms with Crippen LogP contribution in [0.25, 0.3) is 0 Å². The Labute approximate surface area is 127 Å². The highest BCUT2D eigenvalue weighted by atomic mass is 35.5. The Balaban J connectivity index is 2.73. The highest BCUT2D eigenvalue weighted by Crippen LogP contribution is 2.24. The van der Waals surface area contributed by atoms with E-state index >= 15 is 0 Å². The lowest BCUT2D eigenvalue weighted by Gasteiger charge is -2.26. The lowest BCUT2D eigenvalue weighted by atomic mass is 9.90. The van der Waals surface area contributed by atoms with Crippen LogP contribution in [-0.2, 0) is 6.42 Å². The Morgan fingerprint density at radius 1 is 1.25 bits per heavy atom. The maximum Gasteiger partial charge on any atom is 0.124 e. The topological polar surface area (TPSA) is 12.0 Å². The molecule has 1 N–H and O–H groups in total. The smallest absolute Gasteiger partial charge is 0.124 e. The van der Waals surface area contributed by atoms with Gasteiger partial charge in [-0.2, -0.15) is 0 Å². The van der Waals surface area contributed by atoms with Gasteiger partial charge >= 0.3 is 0 Å². The molecule has 1 aromatic rings. The molecule has 0 fully saturated rings. The Bertz CT molecular complexity index is 423. The molecule has 0 aliphatic carbocycles. The number of halogens is 2. The minimum Gasteiger partial charge on any atom is -0.312 e. The average Bonchev–Trinajstić information content (AvgIpc) is 2.28. The Hall–Kier alpha value is -0.600. The average molecular weight is 300 g/mol. The van der Waals surface area contributed by atoms with Gasteiger partial charge in [0.05, 0.1) is 0 Å². The maximum atomic E-state index is 13.1. The predicted octanol–water partition coefficient (Wildman–Crippen LogP) is 5.07. The second-order valence-corrected chi connectivity index (χ2v) is 7.47. The summed E-state index contributed by atoms with van der Waals surface area (Å²) in [6, 6.07) is 4.70. The molecule has 1 nitrogen and oxygen atoms in total. The molecule has 1 aromatic carbocycles. The van der Waals surface area contributed by atoms with Crippen molar-refractivity contribution in [2.75, 3.05) is 6.54 Å². The Morgan fingerprint density at radius 2 is 1.90 bits per heavy atom. The van der Waals surface area contributed by atoms with Gasteiger partial charge in [0.15, 0.2) is 0 Å². The molecule has 0 spiro atoms. The molecule has 1 atom stereocenters. The van der Waals surface area contributed by atoms with Crippen LogP contribution in [-0.4, -0.2) is 12.1 Å². The summed E-state index contributed by atoms with van der Waals surface area (Å²) in [6.07, 6.45) is 2.02. The van der Waals surface area contributed by atoms with Crippen LogP contribution in [0.5, 0.6) is 0 Å². The van der Waals surface area contributed by atoms with Crippen LogP contribution in [0.1, 0.15) is 46.6 Å². The Kier molecular flexibility index (Phi) is 6.47. The SMILES string of the molecule is CC(C)CC(CNC(C)(C)C)Cc1ccc(F)cc1Cl. The van der Waals surface area contributed by atoms with E-state index in [0.717, 1.165) is 24.9 Å². The fraction of sp³-hybridized carbons (Fsp3) is 0.647. The molecule has 1 rings (SSSR count). The van der Waals surface area contributed by atoms with E-state index < -0.39 is 0 Å². The van der Waals surface area contributed by atoms with Gasteiger partial charge < -0.3 is 5.32 Å². The van der Waals surface area contributed by atoms with Crippen LogP contribution in [0.3, 0.4) is 0 Å². The number of hydrogen-bond acceptors (Lipinski definition) is 1. The fourth-order valence-electron chi connectivity index (χ4n) is 2.35. The minimum atomic E-state index is -0.271. The van der Waals surface area contributed by atoms with Gasteiger partial charge in [0.25, 0.3) is 0 Å². The molecule has 114 valence electrons. The third-order valence-electron chi connectivity index (χ3n) is 3.25. The lowest BCUT2D eigenvalue weighted by molar-refractivity contribution is 0.331. The van der Waals surface area contributed by atoms with E-state index in [1.165, 1.54) is 12.1 Å². The first-order chi connectivity index (χ1) is 9.17. The molecule has 0 heterocycles. The van der Waals surface area contributed by atoms with Crippen molar-refractivity contribution in [3.05, 3.63) is 34.6 Å². The Morgan fingerprint density at radius 3 is 2.40 bits per heavy atom. The zero-order valence-corrected chi connectivity index (χ0v) is 14.0. The van der Waals surface area contributed by atoms with Crippen LogP contribution < -0.4 is 5.32 Å². The second-order valence-electron chi connectivity index (χ2n) is 7.07. The fourth-order valence-corrected chi connectivity index (χ4v) is 2.60. The molecule has 0 aliphatic rings. The zero-order valence-electron chi connectivity index (χ0n) is 13.3. The molecular formula is C17H27ClFN. The van der Waals surface area contributed by atoms with Gasteiger partial charge in [0.1, 0.15) is 5.82 Å². The third-order valence-corrected chi connectivity index (χ3v) is 3.60. The molecule has 0 aliphatic heterocycles. The van der Waals surface area contributed by atoms with Crippen molar-refractivity contribution in [2.24, 2.45) is 11.8 Å². The van der Waals surface area contributed by atoms with Gasteiger partial charge in [-0.25, -0.2) is 4.39 Å². The maximum absolute atomic E-state index is 13.1. The molecule has 0 aromatic heterocycles. The summed E-state index contributed by atoms with van der Waals surface area (Å²) in [4.78, 5) is 0. The first-order valence-electron chi connectivity index (χ1n) is 7.36.